The number of carbonyl (C=O) groups excluding carboxylic acids is 2. The van der Waals surface area contributed by atoms with E-state index in [2.05, 4.69) is 15.5 Å². The summed E-state index contributed by atoms with van der Waals surface area (Å²) in [5.41, 5.74) is 0. The van der Waals surface area contributed by atoms with Gasteiger partial charge in [0.25, 0.3) is 0 Å². The average molecular weight is 309 g/mol. The summed E-state index contributed by atoms with van der Waals surface area (Å²) in [5, 5.41) is 5.79. The molecule has 0 aromatic heterocycles. The van der Waals surface area contributed by atoms with Gasteiger partial charge in [0.15, 0.2) is 0 Å². The second-order valence-corrected chi connectivity index (χ2v) is 6.90. The minimum absolute atomic E-state index is 0.0540. The second-order valence-electron chi connectivity index (χ2n) is 6.90. The molecule has 0 spiro atoms. The van der Waals surface area contributed by atoms with Gasteiger partial charge in [0.05, 0.1) is 0 Å². The van der Waals surface area contributed by atoms with Crippen molar-refractivity contribution in [3.05, 3.63) is 0 Å². The van der Waals surface area contributed by atoms with Crippen LogP contribution in [0.15, 0.2) is 0 Å². The summed E-state index contributed by atoms with van der Waals surface area (Å²) in [6.07, 6.45) is 9.57. The Morgan fingerprint density at radius 1 is 1.09 bits per heavy atom. The van der Waals surface area contributed by atoms with E-state index in [0.717, 1.165) is 18.9 Å². The van der Waals surface area contributed by atoms with Crippen LogP contribution in [0.5, 0.6) is 0 Å². The summed E-state index contributed by atoms with van der Waals surface area (Å²) in [7, 11) is 0. The van der Waals surface area contributed by atoms with Crippen molar-refractivity contribution >= 4 is 11.8 Å². The second kappa shape index (κ2) is 9.13. The molecule has 2 amide bonds. The van der Waals surface area contributed by atoms with Crippen LogP contribution in [0.2, 0.25) is 0 Å². The van der Waals surface area contributed by atoms with Crippen molar-refractivity contribution in [1.29, 1.82) is 0 Å². The Kier molecular flexibility index (Phi) is 7.16. The summed E-state index contributed by atoms with van der Waals surface area (Å²) in [5.74, 6) is 0.838. The highest BCUT2D eigenvalue weighted by Gasteiger charge is 2.24. The molecule has 126 valence electrons. The molecule has 22 heavy (non-hydrogen) atoms. The van der Waals surface area contributed by atoms with Crippen molar-refractivity contribution < 1.29 is 9.59 Å². The smallest absolute Gasteiger partial charge is 0.222 e. The zero-order chi connectivity index (χ0) is 15.8. The van der Waals surface area contributed by atoms with E-state index in [1.165, 1.54) is 58.5 Å². The molecule has 2 aliphatic rings. The van der Waals surface area contributed by atoms with Crippen molar-refractivity contribution in [2.45, 2.75) is 64.3 Å². The van der Waals surface area contributed by atoms with E-state index in [-0.39, 0.29) is 17.9 Å². The normalized spacial score (nSPS) is 24.0. The lowest BCUT2D eigenvalue weighted by molar-refractivity contribution is -0.122. The SMILES string of the molecule is CC(=O)NCCC(=O)NC1CCCN(CC2CCCCC2)C1. The number of amides is 2. The zero-order valence-corrected chi connectivity index (χ0v) is 13.9. The highest BCUT2D eigenvalue weighted by molar-refractivity contribution is 5.78. The molecule has 0 aromatic carbocycles. The van der Waals surface area contributed by atoms with Crippen LogP contribution in [0.4, 0.5) is 0 Å². The first-order valence-electron chi connectivity index (χ1n) is 8.89. The number of piperidine rings is 1. The lowest BCUT2D eigenvalue weighted by atomic mass is 9.88. The molecule has 1 saturated heterocycles. The first-order valence-corrected chi connectivity index (χ1v) is 8.89. The Morgan fingerprint density at radius 3 is 2.59 bits per heavy atom. The largest absolute Gasteiger partial charge is 0.356 e. The fourth-order valence-electron chi connectivity index (χ4n) is 3.73. The maximum absolute atomic E-state index is 11.9. The number of rotatable bonds is 6. The van der Waals surface area contributed by atoms with E-state index in [4.69, 9.17) is 0 Å². The molecular formula is C17H31N3O2. The number of hydrogen-bond donors (Lipinski definition) is 2. The van der Waals surface area contributed by atoms with Gasteiger partial charge in [-0.3, -0.25) is 9.59 Å². The summed E-state index contributed by atoms with van der Waals surface area (Å²) in [6.45, 7) is 5.28. The number of nitrogens with one attached hydrogen (secondary N) is 2. The lowest BCUT2D eigenvalue weighted by Crippen LogP contribution is -2.49. The fourth-order valence-corrected chi connectivity index (χ4v) is 3.73. The van der Waals surface area contributed by atoms with Gasteiger partial charge in [-0.1, -0.05) is 19.3 Å². The van der Waals surface area contributed by atoms with Gasteiger partial charge in [-0.15, -0.1) is 0 Å². The van der Waals surface area contributed by atoms with Gasteiger partial charge in [-0.2, -0.15) is 0 Å². The summed E-state index contributed by atoms with van der Waals surface area (Å²) >= 11 is 0. The molecule has 1 heterocycles. The Balaban J connectivity index is 1.66. The molecule has 1 unspecified atom stereocenters. The molecule has 5 nitrogen and oxygen atoms in total. The van der Waals surface area contributed by atoms with Crippen LogP contribution < -0.4 is 10.6 Å². The van der Waals surface area contributed by atoms with Crippen LogP contribution >= 0.6 is 0 Å². The van der Waals surface area contributed by atoms with E-state index >= 15 is 0 Å². The first kappa shape index (κ1) is 17.3. The molecule has 0 aromatic rings. The molecule has 1 aliphatic carbocycles. The van der Waals surface area contributed by atoms with Gasteiger partial charge < -0.3 is 15.5 Å². The van der Waals surface area contributed by atoms with Crippen LogP contribution in [-0.2, 0) is 9.59 Å². The predicted molar refractivity (Wildman–Crippen MR) is 87.5 cm³/mol. The topological polar surface area (TPSA) is 61.4 Å². The maximum Gasteiger partial charge on any atom is 0.222 e. The van der Waals surface area contributed by atoms with Crippen molar-refractivity contribution in [3.8, 4) is 0 Å². The Hall–Kier alpha value is -1.10. The molecule has 2 N–H and O–H groups in total. The standard InChI is InChI=1S/C17H31N3O2/c1-14(21)18-10-9-17(22)19-16-8-5-11-20(13-16)12-15-6-3-2-4-7-15/h15-16H,2-13H2,1H3,(H,18,21)(H,19,22). The highest BCUT2D eigenvalue weighted by atomic mass is 16.2. The van der Waals surface area contributed by atoms with Gasteiger partial charge in [-0.05, 0) is 38.1 Å². The van der Waals surface area contributed by atoms with E-state index in [1.807, 2.05) is 0 Å². The van der Waals surface area contributed by atoms with Crippen molar-refractivity contribution in [2.24, 2.45) is 5.92 Å². The number of carbonyl (C=O) groups is 2. The molecular weight excluding hydrogens is 278 g/mol. The van der Waals surface area contributed by atoms with E-state index in [0.29, 0.717) is 13.0 Å². The van der Waals surface area contributed by atoms with Crippen LogP contribution in [0.1, 0.15) is 58.3 Å². The Bertz CT molecular complexity index is 367. The third-order valence-corrected chi connectivity index (χ3v) is 4.84. The fraction of sp³-hybridized carbons (Fsp3) is 0.882. The molecule has 1 aliphatic heterocycles. The van der Waals surface area contributed by atoms with Gasteiger partial charge in [-0.25, -0.2) is 0 Å². The van der Waals surface area contributed by atoms with Gasteiger partial charge >= 0.3 is 0 Å². The van der Waals surface area contributed by atoms with E-state index in [9.17, 15) is 9.59 Å². The third-order valence-electron chi connectivity index (χ3n) is 4.84. The Morgan fingerprint density at radius 2 is 1.86 bits per heavy atom. The monoisotopic (exact) mass is 309 g/mol. The van der Waals surface area contributed by atoms with E-state index in [1.54, 1.807) is 0 Å². The quantitative estimate of drug-likeness (QED) is 0.784. The summed E-state index contributed by atoms with van der Waals surface area (Å²) in [6, 6.07) is 0.280. The van der Waals surface area contributed by atoms with Gasteiger partial charge in [0, 0.05) is 39.0 Å². The summed E-state index contributed by atoms with van der Waals surface area (Å²) < 4.78 is 0. The lowest BCUT2D eigenvalue weighted by Gasteiger charge is -2.36. The van der Waals surface area contributed by atoms with Crippen LogP contribution in [0.25, 0.3) is 0 Å². The maximum atomic E-state index is 11.9. The van der Waals surface area contributed by atoms with Gasteiger partial charge in [0.2, 0.25) is 11.8 Å². The van der Waals surface area contributed by atoms with Crippen molar-refractivity contribution in [2.75, 3.05) is 26.2 Å². The first-order chi connectivity index (χ1) is 10.6. The van der Waals surface area contributed by atoms with Crippen molar-refractivity contribution in [3.63, 3.8) is 0 Å². The molecule has 1 atom stereocenters. The number of nitrogens with zero attached hydrogens (tertiary/aromatic N) is 1. The minimum atomic E-state index is -0.0795. The number of likely N-dealkylation sites (tertiary alicyclic amines) is 1. The van der Waals surface area contributed by atoms with Crippen LogP contribution in [0, 0.1) is 5.92 Å². The van der Waals surface area contributed by atoms with Gasteiger partial charge in [0.1, 0.15) is 0 Å². The Labute approximate surface area is 134 Å². The van der Waals surface area contributed by atoms with Crippen LogP contribution in [-0.4, -0.2) is 48.9 Å². The van der Waals surface area contributed by atoms with E-state index < -0.39 is 0 Å². The molecule has 2 rings (SSSR count). The molecule has 5 heteroatoms. The molecule has 1 saturated carbocycles. The minimum Gasteiger partial charge on any atom is -0.356 e. The zero-order valence-electron chi connectivity index (χ0n) is 13.9. The number of hydrogen-bond acceptors (Lipinski definition) is 3. The highest BCUT2D eigenvalue weighted by Crippen LogP contribution is 2.25. The molecule has 0 radical (unpaired) electrons. The molecule has 0 bridgehead atoms. The third kappa shape index (κ3) is 6.34. The van der Waals surface area contributed by atoms with Crippen molar-refractivity contribution in [1.82, 2.24) is 15.5 Å². The average Bonchev–Trinajstić information content (AvgIpc) is 2.48. The van der Waals surface area contributed by atoms with Crippen LogP contribution in [0.3, 0.4) is 0 Å². The summed E-state index contributed by atoms with van der Waals surface area (Å²) in [4.78, 5) is 25.2. The predicted octanol–water partition coefficient (Wildman–Crippen LogP) is 1.67. The molecule has 2 fully saturated rings.